The summed E-state index contributed by atoms with van der Waals surface area (Å²) < 4.78 is 42.4. The monoisotopic (exact) mass is 448 g/mol. The number of carbonyl (C=O) groups is 2. The van der Waals surface area contributed by atoms with Crippen molar-refractivity contribution in [3.63, 3.8) is 0 Å². The van der Waals surface area contributed by atoms with Crippen LogP contribution in [0.3, 0.4) is 0 Å². The molecule has 2 amide bonds. The summed E-state index contributed by atoms with van der Waals surface area (Å²) in [5.41, 5.74) is -1.75. The summed E-state index contributed by atoms with van der Waals surface area (Å²) in [4.78, 5) is 48.1. The van der Waals surface area contributed by atoms with Crippen LogP contribution in [-0.2, 0) is 14.3 Å². The lowest BCUT2D eigenvalue weighted by Crippen LogP contribution is -2.38. The van der Waals surface area contributed by atoms with E-state index in [4.69, 9.17) is 9.84 Å². The molecular formula is C17H19F3N4O7. The van der Waals surface area contributed by atoms with Crippen molar-refractivity contribution in [3.8, 4) is 11.8 Å². The number of ether oxygens (including phenoxy) is 1. The number of hydrogen-bond donors (Lipinski definition) is 5. The lowest BCUT2D eigenvalue weighted by molar-refractivity contribution is -0.173. The van der Waals surface area contributed by atoms with E-state index in [0.29, 0.717) is 0 Å². The van der Waals surface area contributed by atoms with Gasteiger partial charge in [-0.1, -0.05) is 11.8 Å². The molecule has 0 saturated carbocycles. The van der Waals surface area contributed by atoms with Gasteiger partial charge in [0, 0.05) is 25.6 Å². The molecule has 0 bridgehead atoms. The van der Waals surface area contributed by atoms with Gasteiger partial charge in [0.1, 0.15) is 17.9 Å². The molecular weight excluding hydrogens is 429 g/mol. The van der Waals surface area contributed by atoms with E-state index >= 15 is 0 Å². The molecule has 1 aromatic heterocycles. The van der Waals surface area contributed by atoms with Gasteiger partial charge in [0.05, 0.1) is 19.3 Å². The molecule has 0 radical (unpaired) electrons. The minimum absolute atomic E-state index is 0.00494. The quantitative estimate of drug-likeness (QED) is 0.306. The van der Waals surface area contributed by atoms with Gasteiger partial charge in [0.15, 0.2) is 0 Å². The molecule has 1 fully saturated rings. The third kappa shape index (κ3) is 6.67. The SMILES string of the molecule is O=C(CCNC(=O)C(F)(F)F)NCC#Cc1cn([C@H]2C[C@H](O)[C@@H](CO)O2)c(=O)[nH]c1=O. The van der Waals surface area contributed by atoms with Crippen LogP contribution in [0.4, 0.5) is 13.2 Å². The minimum Gasteiger partial charge on any atom is -0.394 e. The number of rotatable bonds is 6. The maximum absolute atomic E-state index is 12.0. The number of H-pyrrole nitrogens is 1. The van der Waals surface area contributed by atoms with Crippen LogP contribution in [0.2, 0.25) is 0 Å². The average molecular weight is 448 g/mol. The van der Waals surface area contributed by atoms with E-state index in [2.05, 4.69) is 17.2 Å². The van der Waals surface area contributed by atoms with Crippen molar-refractivity contribution in [1.29, 1.82) is 0 Å². The summed E-state index contributed by atoms with van der Waals surface area (Å²) in [6, 6.07) is 0. The third-order valence-electron chi connectivity index (χ3n) is 4.15. The Morgan fingerprint density at radius 1 is 1.32 bits per heavy atom. The molecule has 0 unspecified atom stereocenters. The second kappa shape index (κ2) is 10.2. The fourth-order valence-electron chi connectivity index (χ4n) is 2.60. The van der Waals surface area contributed by atoms with Crippen molar-refractivity contribution >= 4 is 11.8 Å². The van der Waals surface area contributed by atoms with Crippen LogP contribution >= 0.6 is 0 Å². The minimum atomic E-state index is -5.04. The zero-order chi connectivity index (χ0) is 23.2. The van der Waals surface area contributed by atoms with Gasteiger partial charge >= 0.3 is 17.8 Å². The highest BCUT2D eigenvalue weighted by atomic mass is 19.4. The van der Waals surface area contributed by atoms with E-state index < -0.39 is 67.2 Å². The molecule has 5 N–H and O–H groups in total. The van der Waals surface area contributed by atoms with Crippen LogP contribution in [0.25, 0.3) is 0 Å². The molecule has 1 aliphatic rings. The average Bonchev–Trinajstić information content (AvgIpc) is 3.06. The second-order valence-corrected chi connectivity index (χ2v) is 6.41. The van der Waals surface area contributed by atoms with Crippen LogP contribution < -0.4 is 21.9 Å². The number of carbonyl (C=O) groups excluding carboxylic acids is 2. The summed E-state index contributed by atoms with van der Waals surface area (Å²) in [6.07, 6.45) is -7.14. The Labute approximate surface area is 172 Å². The number of halogens is 3. The molecule has 2 rings (SSSR count). The summed E-state index contributed by atoms with van der Waals surface area (Å²) >= 11 is 0. The highest BCUT2D eigenvalue weighted by molar-refractivity contribution is 5.82. The van der Waals surface area contributed by atoms with Crippen molar-refractivity contribution < 1.29 is 37.7 Å². The molecule has 11 nitrogen and oxygen atoms in total. The summed E-state index contributed by atoms with van der Waals surface area (Å²) in [5.74, 6) is 2.05. The standard InChI is InChI=1S/C17H19F3N4O7/c18-17(19,20)15(29)22-5-3-12(27)21-4-1-2-9-7-24(16(30)23-14(9)28)13-6-10(26)11(8-25)31-13/h7,10-11,13,25-26H,3-6,8H2,(H,21,27)(H,22,29)(H,23,28,30)/t10-,11+,13+/m0/s1. The molecule has 3 atom stereocenters. The summed E-state index contributed by atoms with van der Waals surface area (Å²) in [5, 5.41) is 22.7. The van der Waals surface area contributed by atoms with Gasteiger partial charge < -0.3 is 25.6 Å². The van der Waals surface area contributed by atoms with Gasteiger partial charge in [0.25, 0.3) is 5.56 Å². The number of nitrogens with one attached hydrogen (secondary N) is 3. The topological polar surface area (TPSA) is 163 Å². The first kappa shape index (κ1) is 24.1. The lowest BCUT2D eigenvalue weighted by Gasteiger charge is -2.14. The van der Waals surface area contributed by atoms with Gasteiger partial charge in [-0.15, -0.1) is 0 Å². The number of nitrogens with zero attached hydrogens (tertiary/aromatic N) is 1. The Morgan fingerprint density at radius 3 is 2.65 bits per heavy atom. The number of aliphatic hydroxyl groups excluding tert-OH is 2. The Bertz CT molecular complexity index is 992. The van der Waals surface area contributed by atoms with E-state index in [1.54, 1.807) is 5.32 Å². The first-order chi connectivity index (χ1) is 14.5. The number of alkyl halides is 3. The lowest BCUT2D eigenvalue weighted by atomic mass is 10.2. The number of aliphatic hydroxyl groups is 2. The molecule has 1 saturated heterocycles. The van der Waals surface area contributed by atoms with Crippen LogP contribution in [0.5, 0.6) is 0 Å². The van der Waals surface area contributed by atoms with E-state index in [1.807, 2.05) is 4.98 Å². The molecule has 0 aliphatic carbocycles. The Kier molecular flexibility index (Phi) is 7.97. The zero-order valence-electron chi connectivity index (χ0n) is 15.9. The first-order valence-electron chi connectivity index (χ1n) is 8.93. The van der Waals surface area contributed by atoms with Crippen LogP contribution in [0.15, 0.2) is 15.8 Å². The summed E-state index contributed by atoms with van der Waals surface area (Å²) in [6.45, 7) is -1.23. The zero-order valence-corrected chi connectivity index (χ0v) is 15.9. The molecule has 170 valence electrons. The second-order valence-electron chi connectivity index (χ2n) is 6.41. The first-order valence-corrected chi connectivity index (χ1v) is 8.93. The Morgan fingerprint density at radius 2 is 2.03 bits per heavy atom. The van der Waals surface area contributed by atoms with Gasteiger partial charge in [-0.3, -0.25) is 23.9 Å². The van der Waals surface area contributed by atoms with E-state index in [9.17, 15) is 37.5 Å². The Balaban J connectivity index is 1.93. The summed E-state index contributed by atoms with van der Waals surface area (Å²) in [7, 11) is 0. The maximum atomic E-state index is 12.0. The van der Waals surface area contributed by atoms with Crippen molar-refractivity contribution in [2.75, 3.05) is 19.7 Å². The predicted octanol–water partition coefficient (Wildman–Crippen LogP) is -2.29. The van der Waals surface area contributed by atoms with Crippen LogP contribution in [-0.4, -0.2) is 69.7 Å². The van der Waals surface area contributed by atoms with E-state index in [0.717, 1.165) is 10.8 Å². The van der Waals surface area contributed by atoms with Gasteiger partial charge in [-0.2, -0.15) is 13.2 Å². The highest BCUT2D eigenvalue weighted by Crippen LogP contribution is 2.27. The maximum Gasteiger partial charge on any atom is 0.471 e. The van der Waals surface area contributed by atoms with Crippen molar-refractivity contribution in [2.24, 2.45) is 0 Å². The fourth-order valence-corrected chi connectivity index (χ4v) is 2.60. The van der Waals surface area contributed by atoms with Crippen LogP contribution in [0.1, 0.15) is 24.6 Å². The van der Waals surface area contributed by atoms with E-state index in [1.165, 1.54) is 0 Å². The molecule has 1 aromatic rings. The highest BCUT2D eigenvalue weighted by Gasteiger charge is 2.38. The van der Waals surface area contributed by atoms with Crippen molar-refractivity contribution in [1.82, 2.24) is 20.2 Å². The molecule has 31 heavy (non-hydrogen) atoms. The number of hydrogen-bond acceptors (Lipinski definition) is 7. The molecule has 2 heterocycles. The van der Waals surface area contributed by atoms with Gasteiger partial charge in [-0.25, -0.2) is 4.79 Å². The molecule has 1 aliphatic heterocycles. The van der Waals surface area contributed by atoms with Crippen molar-refractivity contribution in [2.45, 2.75) is 37.5 Å². The largest absolute Gasteiger partial charge is 0.471 e. The fraction of sp³-hybridized carbons (Fsp3) is 0.529. The Hall–Kier alpha value is -3.15. The molecule has 14 heteroatoms. The number of amides is 2. The smallest absolute Gasteiger partial charge is 0.394 e. The van der Waals surface area contributed by atoms with Gasteiger partial charge in [0.2, 0.25) is 5.91 Å². The van der Waals surface area contributed by atoms with Crippen LogP contribution in [0, 0.1) is 11.8 Å². The number of aromatic amines is 1. The molecule has 0 aromatic carbocycles. The van der Waals surface area contributed by atoms with Gasteiger partial charge in [-0.05, 0) is 0 Å². The van der Waals surface area contributed by atoms with E-state index in [-0.39, 0.29) is 18.5 Å². The predicted molar refractivity (Wildman–Crippen MR) is 96.5 cm³/mol. The number of aromatic nitrogens is 2. The normalized spacial score (nSPS) is 20.6. The van der Waals surface area contributed by atoms with Crippen molar-refractivity contribution in [3.05, 3.63) is 32.6 Å². The molecule has 0 spiro atoms. The third-order valence-corrected chi connectivity index (χ3v) is 4.15.